The molecule has 1 aromatic carbocycles. The Balaban J connectivity index is 1.40. The summed E-state index contributed by atoms with van der Waals surface area (Å²) >= 11 is 3.21. The predicted octanol–water partition coefficient (Wildman–Crippen LogP) is 2.33. The first-order valence-corrected chi connectivity index (χ1v) is 12.0. The average Bonchev–Trinajstić information content (AvgIpc) is 3.46. The lowest BCUT2D eigenvalue weighted by Gasteiger charge is -2.23. The van der Waals surface area contributed by atoms with Crippen molar-refractivity contribution in [1.29, 1.82) is 0 Å². The van der Waals surface area contributed by atoms with E-state index in [0.29, 0.717) is 15.4 Å². The normalized spacial score (nSPS) is 17.2. The molecule has 37 heavy (non-hydrogen) atoms. The SMILES string of the molecule is NC(=O)c1cn(CC(=O)N2C[C@H](F)C[C@H]2C(=O)Nc2ncc(Br)cn2)c2ccc(-c3ccnnc3)cc12. The number of nitrogens with zero attached hydrogens (tertiary/aromatic N) is 6. The number of primary amides is 1. The van der Waals surface area contributed by atoms with Gasteiger partial charge in [0.2, 0.25) is 17.8 Å². The summed E-state index contributed by atoms with van der Waals surface area (Å²) in [6.45, 7) is -0.440. The predicted molar refractivity (Wildman–Crippen MR) is 135 cm³/mol. The molecule has 0 aliphatic carbocycles. The molecular formula is C24H20BrFN8O3. The highest BCUT2D eigenvalue weighted by molar-refractivity contribution is 9.10. The van der Waals surface area contributed by atoms with Crippen molar-refractivity contribution in [2.45, 2.75) is 25.2 Å². The van der Waals surface area contributed by atoms with Gasteiger partial charge in [-0.2, -0.15) is 10.2 Å². The number of hydrogen-bond acceptors (Lipinski definition) is 7. The van der Waals surface area contributed by atoms with Crippen LogP contribution in [0.15, 0.2) is 59.7 Å². The second kappa shape index (κ2) is 10.0. The zero-order valence-electron chi connectivity index (χ0n) is 19.2. The number of amides is 3. The fourth-order valence-electron chi connectivity index (χ4n) is 4.38. The van der Waals surface area contributed by atoms with Crippen molar-refractivity contribution >= 4 is 50.5 Å². The number of benzene rings is 1. The minimum Gasteiger partial charge on any atom is -0.366 e. The molecular weight excluding hydrogens is 547 g/mol. The number of hydrogen-bond donors (Lipinski definition) is 2. The summed E-state index contributed by atoms with van der Waals surface area (Å²) in [4.78, 5) is 47.5. The Morgan fingerprint density at radius 2 is 1.89 bits per heavy atom. The average molecular weight is 567 g/mol. The first kappa shape index (κ1) is 24.4. The van der Waals surface area contributed by atoms with Crippen LogP contribution in [0.4, 0.5) is 10.3 Å². The number of aromatic nitrogens is 5. The van der Waals surface area contributed by atoms with Crippen molar-refractivity contribution in [2.24, 2.45) is 5.73 Å². The topological polar surface area (TPSA) is 149 Å². The van der Waals surface area contributed by atoms with E-state index in [0.717, 1.165) is 11.1 Å². The summed E-state index contributed by atoms with van der Waals surface area (Å²) in [6, 6.07) is 6.13. The van der Waals surface area contributed by atoms with Gasteiger partial charge in [-0.15, -0.1) is 0 Å². The number of alkyl halides is 1. The lowest BCUT2D eigenvalue weighted by Crippen LogP contribution is -2.44. The van der Waals surface area contributed by atoms with Gasteiger partial charge in [0.15, 0.2) is 0 Å². The molecule has 0 bridgehead atoms. The highest BCUT2D eigenvalue weighted by Gasteiger charge is 2.40. The maximum atomic E-state index is 14.4. The van der Waals surface area contributed by atoms with Gasteiger partial charge in [-0.3, -0.25) is 19.7 Å². The molecule has 4 aromatic rings. The van der Waals surface area contributed by atoms with Gasteiger partial charge in [0, 0.05) is 41.5 Å². The molecule has 3 amide bonds. The van der Waals surface area contributed by atoms with Gasteiger partial charge < -0.3 is 15.2 Å². The molecule has 3 N–H and O–H groups in total. The molecule has 188 valence electrons. The number of nitrogens with two attached hydrogens (primary N) is 1. The van der Waals surface area contributed by atoms with E-state index >= 15 is 0 Å². The van der Waals surface area contributed by atoms with Crippen LogP contribution in [0.5, 0.6) is 0 Å². The van der Waals surface area contributed by atoms with Crippen LogP contribution < -0.4 is 11.1 Å². The Hall–Kier alpha value is -4.26. The molecule has 0 spiro atoms. The van der Waals surface area contributed by atoms with E-state index < -0.39 is 29.9 Å². The summed E-state index contributed by atoms with van der Waals surface area (Å²) in [6.07, 6.45) is 6.07. The van der Waals surface area contributed by atoms with E-state index in [1.807, 2.05) is 6.07 Å². The number of carbonyl (C=O) groups is 3. The van der Waals surface area contributed by atoms with Gasteiger partial charge in [0.1, 0.15) is 18.8 Å². The lowest BCUT2D eigenvalue weighted by molar-refractivity contribution is -0.137. The van der Waals surface area contributed by atoms with E-state index in [1.54, 1.807) is 35.2 Å². The van der Waals surface area contributed by atoms with Crippen LogP contribution in [-0.4, -0.2) is 66.1 Å². The molecule has 0 unspecified atom stereocenters. The third kappa shape index (κ3) is 5.03. The Labute approximate surface area is 218 Å². The van der Waals surface area contributed by atoms with Gasteiger partial charge in [-0.1, -0.05) is 6.07 Å². The van der Waals surface area contributed by atoms with E-state index in [4.69, 9.17) is 5.73 Å². The van der Waals surface area contributed by atoms with Crippen LogP contribution in [-0.2, 0) is 16.1 Å². The number of anilines is 1. The van der Waals surface area contributed by atoms with E-state index in [9.17, 15) is 18.8 Å². The Kier molecular flexibility index (Phi) is 6.61. The van der Waals surface area contributed by atoms with Gasteiger partial charge >= 0.3 is 0 Å². The molecule has 13 heteroatoms. The minimum absolute atomic E-state index is 0.0469. The molecule has 5 rings (SSSR count). The van der Waals surface area contributed by atoms with Gasteiger partial charge in [-0.05, 0) is 39.7 Å². The van der Waals surface area contributed by atoms with Crippen LogP contribution in [0, 0.1) is 0 Å². The quantitative estimate of drug-likeness (QED) is 0.363. The summed E-state index contributed by atoms with van der Waals surface area (Å²) < 4.78 is 16.6. The lowest BCUT2D eigenvalue weighted by atomic mass is 10.0. The maximum Gasteiger partial charge on any atom is 0.250 e. The summed E-state index contributed by atoms with van der Waals surface area (Å²) in [7, 11) is 0. The second-order valence-corrected chi connectivity index (χ2v) is 9.42. The van der Waals surface area contributed by atoms with Crippen molar-refractivity contribution in [3.8, 4) is 11.1 Å². The van der Waals surface area contributed by atoms with Crippen LogP contribution in [0.2, 0.25) is 0 Å². The zero-order valence-corrected chi connectivity index (χ0v) is 20.8. The van der Waals surface area contributed by atoms with Crippen LogP contribution in [0.1, 0.15) is 16.8 Å². The first-order valence-electron chi connectivity index (χ1n) is 11.2. The molecule has 11 nitrogen and oxygen atoms in total. The molecule has 1 aliphatic rings. The zero-order chi connectivity index (χ0) is 26.1. The van der Waals surface area contributed by atoms with Crippen molar-refractivity contribution in [1.82, 2.24) is 29.6 Å². The third-order valence-corrected chi connectivity index (χ3v) is 6.51. The van der Waals surface area contributed by atoms with Crippen LogP contribution in [0.25, 0.3) is 22.0 Å². The standard InChI is InChI=1S/C24H20BrFN8O3/c25-15-8-28-24(29-9-15)32-23(37)20-6-16(26)10-34(20)21(35)12-33-11-18(22(27)36)17-5-13(1-2-19(17)33)14-3-4-30-31-7-14/h1-5,7-9,11,16,20H,6,10,12H2,(H2,27,36)(H,28,29,32,37)/t16-,20+/m1/s1. The van der Waals surface area contributed by atoms with Gasteiger partial charge in [-0.25, -0.2) is 14.4 Å². The highest BCUT2D eigenvalue weighted by Crippen LogP contribution is 2.29. The van der Waals surface area contributed by atoms with Crippen molar-refractivity contribution in [3.05, 3.63) is 65.3 Å². The number of nitrogens with one attached hydrogen (secondary N) is 1. The monoisotopic (exact) mass is 566 g/mol. The third-order valence-electron chi connectivity index (χ3n) is 6.10. The Bertz CT molecular complexity index is 1500. The summed E-state index contributed by atoms with van der Waals surface area (Å²) in [5, 5.41) is 10.7. The Morgan fingerprint density at radius 3 is 2.59 bits per heavy atom. The molecule has 0 radical (unpaired) electrons. The summed E-state index contributed by atoms with van der Waals surface area (Å²) in [5.41, 5.74) is 8.02. The van der Waals surface area contributed by atoms with E-state index in [1.165, 1.54) is 23.5 Å². The number of likely N-dealkylation sites (tertiary alicyclic amines) is 1. The fourth-order valence-corrected chi connectivity index (χ4v) is 4.59. The number of halogens is 2. The van der Waals surface area contributed by atoms with Crippen LogP contribution >= 0.6 is 15.9 Å². The summed E-state index contributed by atoms with van der Waals surface area (Å²) in [5.74, 6) is -1.67. The minimum atomic E-state index is -1.36. The fraction of sp³-hybridized carbons (Fsp3) is 0.208. The second-order valence-electron chi connectivity index (χ2n) is 8.51. The van der Waals surface area contributed by atoms with E-state index in [2.05, 4.69) is 41.4 Å². The number of rotatable bonds is 6. The maximum absolute atomic E-state index is 14.4. The number of fused-ring (bicyclic) bond motifs is 1. The molecule has 3 aromatic heterocycles. The van der Waals surface area contributed by atoms with Crippen molar-refractivity contribution < 1.29 is 18.8 Å². The molecule has 1 saturated heterocycles. The van der Waals surface area contributed by atoms with Crippen molar-refractivity contribution in [3.63, 3.8) is 0 Å². The van der Waals surface area contributed by atoms with Crippen molar-refractivity contribution in [2.75, 3.05) is 11.9 Å². The Morgan fingerprint density at radius 1 is 1.11 bits per heavy atom. The van der Waals surface area contributed by atoms with Crippen LogP contribution in [0.3, 0.4) is 0 Å². The first-order chi connectivity index (χ1) is 17.8. The smallest absolute Gasteiger partial charge is 0.250 e. The molecule has 1 aliphatic heterocycles. The number of carbonyl (C=O) groups excluding carboxylic acids is 3. The molecule has 4 heterocycles. The van der Waals surface area contributed by atoms with E-state index in [-0.39, 0.29) is 31.0 Å². The molecule has 1 fully saturated rings. The van der Waals surface area contributed by atoms with Gasteiger partial charge in [0.05, 0.1) is 29.0 Å². The highest BCUT2D eigenvalue weighted by atomic mass is 79.9. The largest absolute Gasteiger partial charge is 0.366 e. The molecule has 0 saturated carbocycles. The van der Waals surface area contributed by atoms with Gasteiger partial charge in [0.25, 0.3) is 5.91 Å². The molecule has 2 atom stereocenters.